The number of nitrogens with one attached hydrogen (secondary N) is 1. The fourth-order valence-corrected chi connectivity index (χ4v) is 2.32. The average molecular weight is 235 g/mol. The SMILES string of the molecule is C[C@@H]1CCCC[C@@H]1Nc1ccc([N+](=O)[O-])nc1. The Hall–Kier alpha value is -1.65. The van der Waals surface area contributed by atoms with Gasteiger partial charge in [0.2, 0.25) is 0 Å². The molecule has 1 aliphatic rings. The molecule has 2 rings (SSSR count). The summed E-state index contributed by atoms with van der Waals surface area (Å²) >= 11 is 0. The lowest BCUT2D eigenvalue weighted by Gasteiger charge is -2.29. The average Bonchev–Trinajstić information content (AvgIpc) is 2.33. The van der Waals surface area contributed by atoms with E-state index < -0.39 is 4.92 Å². The Morgan fingerprint density at radius 2 is 2.18 bits per heavy atom. The Bertz CT molecular complexity index is 391. The van der Waals surface area contributed by atoms with Gasteiger partial charge in [-0.15, -0.1) is 0 Å². The molecule has 17 heavy (non-hydrogen) atoms. The van der Waals surface area contributed by atoms with Crippen molar-refractivity contribution < 1.29 is 4.92 Å². The highest BCUT2D eigenvalue weighted by atomic mass is 16.6. The third kappa shape index (κ3) is 2.93. The molecule has 0 amide bonds. The highest BCUT2D eigenvalue weighted by molar-refractivity contribution is 5.44. The third-order valence-corrected chi connectivity index (χ3v) is 3.40. The highest BCUT2D eigenvalue weighted by Crippen LogP contribution is 2.26. The second-order valence-electron chi connectivity index (χ2n) is 4.67. The molecule has 0 saturated heterocycles. The molecule has 5 nitrogen and oxygen atoms in total. The van der Waals surface area contributed by atoms with Crippen molar-refractivity contribution in [1.82, 2.24) is 4.98 Å². The quantitative estimate of drug-likeness (QED) is 0.646. The van der Waals surface area contributed by atoms with E-state index in [0.29, 0.717) is 12.0 Å². The molecule has 0 radical (unpaired) electrons. The maximum absolute atomic E-state index is 10.5. The lowest BCUT2D eigenvalue weighted by molar-refractivity contribution is -0.389. The number of nitro groups is 1. The van der Waals surface area contributed by atoms with Gasteiger partial charge in [0.1, 0.15) is 0 Å². The molecule has 0 unspecified atom stereocenters. The molecular weight excluding hydrogens is 218 g/mol. The van der Waals surface area contributed by atoms with Crippen molar-refractivity contribution in [2.24, 2.45) is 5.92 Å². The molecule has 1 saturated carbocycles. The molecule has 1 aromatic heterocycles. The van der Waals surface area contributed by atoms with Crippen molar-refractivity contribution in [2.45, 2.75) is 38.6 Å². The van der Waals surface area contributed by atoms with Gasteiger partial charge in [-0.05, 0) is 34.7 Å². The van der Waals surface area contributed by atoms with Crippen molar-refractivity contribution in [2.75, 3.05) is 5.32 Å². The minimum atomic E-state index is -0.479. The van der Waals surface area contributed by atoms with Gasteiger partial charge in [-0.3, -0.25) is 0 Å². The molecule has 1 aliphatic carbocycles. The Morgan fingerprint density at radius 3 is 2.76 bits per heavy atom. The van der Waals surface area contributed by atoms with Crippen molar-refractivity contribution in [3.8, 4) is 0 Å². The van der Waals surface area contributed by atoms with E-state index >= 15 is 0 Å². The van der Waals surface area contributed by atoms with Crippen LogP contribution < -0.4 is 5.32 Å². The smallest absolute Gasteiger partial charge is 0.363 e. The zero-order valence-corrected chi connectivity index (χ0v) is 9.93. The first-order valence-corrected chi connectivity index (χ1v) is 6.04. The summed E-state index contributed by atoms with van der Waals surface area (Å²) in [5.41, 5.74) is 0.870. The zero-order chi connectivity index (χ0) is 12.3. The number of aromatic nitrogens is 1. The predicted octanol–water partition coefficient (Wildman–Crippen LogP) is 2.98. The van der Waals surface area contributed by atoms with Gasteiger partial charge in [0, 0.05) is 12.1 Å². The molecular formula is C12H17N3O2. The van der Waals surface area contributed by atoms with Crippen LogP contribution >= 0.6 is 0 Å². The summed E-state index contributed by atoms with van der Waals surface area (Å²) in [6, 6.07) is 3.63. The number of rotatable bonds is 3. The predicted molar refractivity (Wildman–Crippen MR) is 65.9 cm³/mol. The molecule has 0 aliphatic heterocycles. The first kappa shape index (κ1) is 11.8. The van der Waals surface area contributed by atoms with Crippen LogP contribution in [0.5, 0.6) is 0 Å². The molecule has 92 valence electrons. The third-order valence-electron chi connectivity index (χ3n) is 3.40. The fourth-order valence-electron chi connectivity index (χ4n) is 2.32. The van der Waals surface area contributed by atoms with Crippen molar-refractivity contribution >= 4 is 11.5 Å². The maximum atomic E-state index is 10.5. The van der Waals surface area contributed by atoms with E-state index in [1.165, 1.54) is 25.3 Å². The topological polar surface area (TPSA) is 68.1 Å². The van der Waals surface area contributed by atoms with Crippen molar-refractivity contribution in [3.05, 3.63) is 28.4 Å². The summed E-state index contributed by atoms with van der Waals surface area (Å²) in [5, 5.41) is 13.9. The summed E-state index contributed by atoms with van der Waals surface area (Å²) in [5.74, 6) is 0.547. The monoisotopic (exact) mass is 235 g/mol. The first-order valence-electron chi connectivity index (χ1n) is 6.04. The highest BCUT2D eigenvalue weighted by Gasteiger charge is 2.21. The molecule has 0 bridgehead atoms. The van der Waals surface area contributed by atoms with Gasteiger partial charge in [-0.25, -0.2) is 0 Å². The van der Waals surface area contributed by atoms with E-state index in [-0.39, 0.29) is 5.82 Å². The lowest BCUT2D eigenvalue weighted by atomic mass is 9.86. The Labute approximate surface area is 100 Å². The van der Waals surface area contributed by atoms with Crippen LogP contribution in [0.2, 0.25) is 0 Å². The molecule has 1 fully saturated rings. The number of pyridine rings is 1. The van der Waals surface area contributed by atoms with Gasteiger partial charge in [-0.2, -0.15) is 0 Å². The van der Waals surface area contributed by atoms with Crippen LogP contribution in [0.3, 0.4) is 0 Å². The number of nitrogens with zero attached hydrogens (tertiary/aromatic N) is 2. The van der Waals surface area contributed by atoms with Gasteiger partial charge >= 0.3 is 5.82 Å². The van der Waals surface area contributed by atoms with E-state index in [2.05, 4.69) is 17.2 Å². The van der Waals surface area contributed by atoms with E-state index in [1.54, 1.807) is 12.3 Å². The molecule has 5 heteroatoms. The Balaban J connectivity index is 2.00. The van der Waals surface area contributed by atoms with E-state index in [4.69, 9.17) is 0 Å². The second-order valence-corrected chi connectivity index (χ2v) is 4.67. The van der Waals surface area contributed by atoms with Gasteiger partial charge in [0.15, 0.2) is 6.20 Å². The summed E-state index contributed by atoms with van der Waals surface area (Å²) in [6.45, 7) is 2.25. The number of hydrogen-bond donors (Lipinski definition) is 1. The van der Waals surface area contributed by atoms with E-state index in [1.807, 2.05) is 0 Å². The van der Waals surface area contributed by atoms with Crippen molar-refractivity contribution in [1.29, 1.82) is 0 Å². The minimum Gasteiger partial charge on any atom is -0.379 e. The summed E-state index contributed by atoms with van der Waals surface area (Å²) in [4.78, 5) is 13.8. The molecule has 1 N–H and O–H groups in total. The zero-order valence-electron chi connectivity index (χ0n) is 9.93. The number of anilines is 1. The summed E-state index contributed by atoms with van der Waals surface area (Å²) in [7, 11) is 0. The van der Waals surface area contributed by atoms with Crippen LogP contribution in [0.25, 0.3) is 0 Å². The van der Waals surface area contributed by atoms with E-state index in [0.717, 1.165) is 12.1 Å². The van der Waals surface area contributed by atoms with Gasteiger partial charge < -0.3 is 15.4 Å². The largest absolute Gasteiger partial charge is 0.379 e. The number of hydrogen-bond acceptors (Lipinski definition) is 4. The Kier molecular flexibility index (Phi) is 3.56. The van der Waals surface area contributed by atoms with Crippen LogP contribution in [0, 0.1) is 16.0 Å². The van der Waals surface area contributed by atoms with E-state index in [9.17, 15) is 10.1 Å². The molecule has 1 heterocycles. The molecule has 1 aromatic rings. The van der Waals surface area contributed by atoms with Crippen LogP contribution in [0.1, 0.15) is 32.6 Å². The van der Waals surface area contributed by atoms with Crippen LogP contribution in [-0.2, 0) is 0 Å². The molecule has 0 spiro atoms. The van der Waals surface area contributed by atoms with Gasteiger partial charge in [-0.1, -0.05) is 19.8 Å². The first-order chi connectivity index (χ1) is 8.16. The van der Waals surface area contributed by atoms with Crippen LogP contribution in [0.15, 0.2) is 18.3 Å². The van der Waals surface area contributed by atoms with Gasteiger partial charge in [0.05, 0.1) is 5.69 Å². The summed E-state index contributed by atoms with van der Waals surface area (Å²) in [6.07, 6.45) is 6.51. The maximum Gasteiger partial charge on any atom is 0.363 e. The normalized spacial score (nSPS) is 24.3. The van der Waals surface area contributed by atoms with Gasteiger partial charge in [0.25, 0.3) is 0 Å². The van der Waals surface area contributed by atoms with Crippen LogP contribution in [0.4, 0.5) is 11.5 Å². The molecule has 2 atom stereocenters. The minimum absolute atomic E-state index is 0.104. The second kappa shape index (κ2) is 5.12. The Morgan fingerprint density at radius 1 is 1.41 bits per heavy atom. The standard InChI is InChI=1S/C12H17N3O2/c1-9-4-2-3-5-11(9)14-10-6-7-12(13-8-10)15(16)17/h6-9,11,14H,2-5H2,1H3/t9-,11+/m1/s1. The molecule has 0 aromatic carbocycles. The summed E-state index contributed by atoms with van der Waals surface area (Å²) < 4.78 is 0. The van der Waals surface area contributed by atoms with Crippen LogP contribution in [-0.4, -0.2) is 15.9 Å². The lowest BCUT2D eigenvalue weighted by Crippen LogP contribution is -2.30. The van der Waals surface area contributed by atoms with Crippen molar-refractivity contribution in [3.63, 3.8) is 0 Å². The fraction of sp³-hybridized carbons (Fsp3) is 0.583.